The van der Waals surface area contributed by atoms with E-state index in [1.54, 1.807) is 0 Å². The molecule has 0 unspecified atom stereocenters. The topological polar surface area (TPSA) is 20.9 Å². The third-order valence-electron chi connectivity index (χ3n) is 3.17. The maximum absolute atomic E-state index is 12.1. The highest BCUT2D eigenvalue weighted by atomic mass is 79.9. The summed E-state index contributed by atoms with van der Waals surface area (Å²) in [7, 11) is 0. The molecule has 0 bridgehead atoms. The Morgan fingerprint density at radius 1 is 0.850 bits per heavy atom. The molecule has 0 aliphatic carbocycles. The van der Waals surface area contributed by atoms with E-state index in [0.717, 1.165) is 10.9 Å². The Morgan fingerprint density at radius 3 is 2.25 bits per heavy atom. The van der Waals surface area contributed by atoms with Crippen LogP contribution in [0.4, 0.5) is 0 Å². The monoisotopic (exact) mass is 328 g/mol. The number of aromatic nitrogens is 1. The van der Waals surface area contributed by atoms with Crippen LogP contribution in [0.25, 0.3) is 10.8 Å². The molecule has 0 aliphatic heterocycles. The molecule has 0 fully saturated rings. The molecule has 0 saturated carbocycles. The van der Waals surface area contributed by atoms with Crippen LogP contribution in [0, 0.1) is 0 Å². The summed E-state index contributed by atoms with van der Waals surface area (Å²) in [5.41, 5.74) is 0.753. The zero-order chi connectivity index (χ0) is 13.1. The lowest BCUT2D eigenvalue weighted by Gasteiger charge is -1.99. The van der Waals surface area contributed by atoms with Crippen LogP contribution in [-0.2, 0) is 6.54 Å². The van der Waals surface area contributed by atoms with Gasteiger partial charge < -0.3 is 0 Å². The highest BCUT2D eigenvalue weighted by Crippen LogP contribution is 2.09. The third-order valence-corrected chi connectivity index (χ3v) is 3.17. The molecule has 1 aromatic heterocycles. The number of ketones is 1. The van der Waals surface area contributed by atoms with Gasteiger partial charge in [-0.3, -0.25) is 4.79 Å². The van der Waals surface area contributed by atoms with E-state index in [1.165, 1.54) is 5.39 Å². The van der Waals surface area contributed by atoms with Crippen molar-refractivity contribution in [3.8, 4) is 0 Å². The van der Waals surface area contributed by atoms with E-state index >= 15 is 0 Å². The van der Waals surface area contributed by atoms with Crippen molar-refractivity contribution in [3.63, 3.8) is 0 Å². The van der Waals surface area contributed by atoms with Crippen molar-refractivity contribution in [2.75, 3.05) is 0 Å². The molecule has 2 aromatic carbocycles. The Hall–Kier alpha value is -2.00. The maximum atomic E-state index is 12.1. The number of carbonyl (C=O) groups is 1. The van der Waals surface area contributed by atoms with Gasteiger partial charge in [0, 0.05) is 17.0 Å². The van der Waals surface area contributed by atoms with Gasteiger partial charge in [-0.1, -0.05) is 48.5 Å². The molecule has 3 heteroatoms. The van der Waals surface area contributed by atoms with Crippen LogP contribution in [-0.4, -0.2) is 5.78 Å². The second-order valence-corrected chi connectivity index (χ2v) is 4.54. The van der Waals surface area contributed by atoms with Crippen molar-refractivity contribution in [1.29, 1.82) is 0 Å². The molecular formula is C17H15BrNO+. The fraction of sp³-hybridized carbons (Fsp3) is 0.0588. The largest absolute Gasteiger partial charge is 0.287 e. The van der Waals surface area contributed by atoms with Gasteiger partial charge in [0.15, 0.2) is 12.4 Å². The van der Waals surface area contributed by atoms with Gasteiger partial charge in [0.1, 0.15) is 0 Å². The molecule has 1 heterocycles. The zero-order valence-corrected chi connectivity index (χ0v) is 12.6. The van der Waals surface area contributed by atoms with E-state index in [4.69, 9.17) is 0 Å². The first-order valence-corrected chi connectivity index (χ1v) is 6.29. The Morgan fingerprint density at radius 2 is 1.50 bits per heavy atom. The first kappa shape index (κ1) is 14.4. The quantitative estimate of drug-likeness (QED) is 0.531. The van der Waals surface area contributed by atoms with E-state index in [-0.39, 0.29) is 22.8 Å². The molecular weight excluding hydrogens is 314 g/mol. The molecule has 3 aromatic rings. The molecule has 20 heavy (non-hydrogen) atoms. The molecule has 0 radical (unpaired) electrons. The molecule has 2 nitrogen and oxygen atoms in total. The SMILES string of the molecule is Br.O=C(C[n+]1ccc2ccccc2c1)c1ccccc1. The summed E-state index contributed by atoms with van der Waals surface area (Å²) < 4.78 is 1.93. The molecule has 100 valence electrons. The van der Waals surface area contributed by atoms with Crippen LogP contribution in [0.15, 0.2) is 73.1 Å². The van der Waals surface area contributed by atoms with Gasteiger partial charge in [0.05, 0.1) is 0 Å². The number of Topliss-reactive ketones (excluding diaryl/α,β-unsaturated/α-hetero) is 1. The van der Waals surface area contributed by atoms with E-state index in [2.05, 4.69) is 12.1 Å². The van der Waals surface area contributed by atoms with Crippen LogP contribution < -0.4 is 4.57 Å². The van der Waals surface area contributed by atoms with E-state index < -0.39 is 0 Å². The minimum Gasteiger partial charge on any atom is -0.287 e. The smallest absolute Gasteiger partial charge is 0.227 e. The number of nitrogens with zero attached hydrogens (tertiary/aromatic N) is 1. The first-order chi connectivity index (χ1) is 9.33. The van der Waals surface area contributed by atoms with E-state index in [0.29, 0.717) is 6.54 Å². The minimum atomic E-state index is 0. The number of hydrogen-bond acceptors (Lipinski definition) is 1. The van der Waals surface area contributed by atoms with Gasteiger partial charge in [-0.15, -0.1) is 17.0 Å². The Bertz CT molecular complexity index is 725. The Kier molecular flexibility index (Phi) is 4.64. The van der Waals surface area contributed by atoms with Crippen molar-refractivity contribution in [2.24, 2.45) is 0 Å². The fourth-order valence-corrected chi connectivity index (χ4v) is 2.16. The van der Waals surface area contributed by atoms with E-state index in [1.807, 2.05) is 65.5 Å². The summed E-state index contributed by atoms with van der Waals surface area (Å²) in [6.45, 7) is 0.370. The summed E-state index contributed by atoms with van der Waals surface area (Å²) in [6.07, 6.45) is 3.96. The number of halogens is 1. The molecule has 0 aliphatic rings. The fourth-order valence-electron chi connectivity index (χ4n) is 2.16. The number of carbonyl (C=O) groups excluding carboxylic acids is 1. The zero-order valence-electron chi connectivity index (χ0n) is 10.9. The second kappa shape index (κ2) is 6.44. The molecule has 0 spiro atoms. The van der Waals surface area contributed by atoms with Crippen LogP contribution in [0.3, 0.4) is 0 Å². The van der Waals surface area contributed by atoms with Gasteiger partial charge in [0.25, 0.3) is 0 Å². The minimum absolute atomic E-state index is 0. The number of hydrogen-bond donors (Lipinski definition) is 0. The van der Waals surface area contributed by atoms with E-state index in [9.17, 15) is 4.79 Å². The van der Waals surface area contributed by atoms with Crippen molar-refractivity contribution in [1.82, 2.24) is 0 Å². The normalized spacial score (nSPS) is 10.0. The highest BCUT2D eigenvalue weighted by Gasteiger charge is 2.11. The van der Waals surface area contributed by atoms with Gasteiger partial charge in [-0.2, -0.15) is 4.57 Å². The number of pyridine rings is 1. The predicted molar refractivity (Wildman–Crippen MR) is 85.2 cm³/mol. The van der Waals surface area contributed by atoms with Crippen molar-refractivity contribution >= 4 is 33.5 Å². The first-order valence-electron chi connectivity index (χ1n) is 6.29. The lowest BCUT2D eigenvalue weighted by Crippen LogP contribution is -2.37. The molecule has 3 rings (SSSR count). The summed E-state index contributed by atoms with van der Waals surface area (Å²) in [6, 6.07) is 19.6. The predicted octanol–water partition coefficient (Wildman–Crippen LogP) is 3.59. The lowest BCUT2D eigenvalue weighted by molar-refractivity contribution is -0.681. The average Bonchev–Trinajstić information content (AvgIpc) is 2.48. The van der Waals surface area contributed by atoms with Gasteiger partial charge in [-0.25, -0.2) is 0 Å². The number of fused-ring (bicyclic) bond motifs is 1. The summed E-state index contributed by atoms with van der Waals surface area (Å²) in [5, 5.41) is 2.33. The van der Waals surface area contributed by atoms with Crippen LogP contribution >= 0.6 is 17.0 Å². The van der Waals surface area contributed by atoms with Gasteiger partial charge in [-0.05, 0) is 11.5 Å². The summed E-state index contributed by atoms with van der Waals surface area (Å²) in [4.78, 5) is 12.1. The molecule has 0 atom stereocenters. The maximum Gasteiger partial charge on any atom is 0.227 e. The molecule has 0 N–H and O–H groups in total. The Balaban J connectivity index is 0.00000147. The average molecular weight is 329 g/mol. The number of rotatable bonds is 3. The van der Waals surface area contributed by atoms with Gasteiger partial charge >= 0.3 is 0 Å². The standard InChI is InChI=1S/C17H14NO.BrH/c19-17(15-7-2-1-3-8-15)13-18-11-10-14-6-4-5-9-16(14)12-18;/h1-12H,13H2;1H/q+1;. The van der Waals surface area contributed by atoms with Gasteiger partial charge in [0.2, 0.25) is 12.3 Å². The Labute approximate surface area is 128 Å². The molecule has 0 amide bonds. The summed E-state index contributed by atoms with van der Waals surface area (Å²) in [5.74, 6) is 0.126. The number of benzene rings is 2. The second-order valence-electron chi connectivity index (χ2n) is 4.54. The van der Waals surface area contributed by atoms with Crippen LogP contribution in [0.5, 0.6) is 0 Å². The molecule has 0 saturated heterocycles. The summed E-state index contributed by atoms with van der Waals surface area (Å²) >= 11 is 0. The van der Waals surface area contributed by atoms with Crippen LogP contribution in [0.2, 0.25) is 0 Å². The lowest BCUT2D eigenvalue weighted by atomic mass is 10.1. The third kappa shape index (κ3) is 3.11. The van der Waals surface area contributed by atoms with Crippen molar-refractivity contribution in [2.45, 2.75) is 6.54 Å². The van der Waals surface area contributed by atoms with Crippen molar-refractivity contribution in [3.05, 3.63) is 78.6 Å². The van der Waals surface area contributed by atoms with Crippen molar-refractivity contribution < 1.29 is 9.36 Å². The highest BCUT2D eigenvalue weighted by molar-refractivity contribution is 8.93. The van der Waals surface area contributed by atoms with Crippen LogP contribution in [0.1, 0.15) is 10.4 Å².